The van der Waals surface area contributed by atoms with Crippen LogP contribution < -0.4 is 5.32 Å². The van der Waals surface area contributed by atoms with E-state index in [9.17, 15) is 0 Å². The average molecular weight is 234 g/mol. The van der Waals surface area contributed by atoms with E-state index in [0.29, 0.717) is 6.04 Å². The summed E-state index contributed by atoms with van der Waals surface area (Å²) in [5.41, 5.74) is 1.42. The average Bonchev–Trinajstić information content (AvgIpc) is 2.39. The number of likely N-dealkylation sites (N-methyl/N-ethyl adjacent to an activating group) is 1. The fraction of sp³-hybridized carbons (Fsp3) is 0.600. The standard InChI is InChI=1S/C15H26N2/c1-4-12-16-13-15(17(5-2)6-3)14-10-8-7-9-11-14/h7-11,15-16H,4-6,12-13H2,1-3H3. The van der Waals surface area contributed by atoms with Crippen molar-refractivity contribution < 1.29 is 0 Å². The van der Waals surface area contributed by atoms with Crippen LogP contribution in [-0.4, -0.2) is 31.1 Å². The second-order valence-electron chi connectivity index (χ2n) is 4.35. The molecular formula is C15H26N2. The Morgan fingerprint density at radius 2 is 1.71 bits per heavy atom. The third-order valence-corrected chi connectivity index (χ3v) is 3.20. The normalized spacial score (nSPS) is 12.9. The molecule has 1 aromatic rings. The molecule has 0 aliphatic carbocycles. The summed E-state index contributed by atoms with van der Waals surface area (Å²) in [5.74, 6) is 0. The van der Waals surface area contributed by atoms with Gasteiger partial charge in [0.05, 0.1) is 0 Å². The van der Waals surface area contributed by atoms with E-state index in [-0.39, 0.29) is 0 Å². The molecule has 0 heterocycles. The molecule has 0 bridgehead atoms. The topological polar surface area (TPSA) is 15.3 Å². The van der Waals surface area contributed by atoms with Crippen molar-refractivity contribution in [1.29, 1.82) is 0 Å². The third kappa shape index (κ3) is 4.49. The first-order valence-electron chi connectivity index (χ1n) is 6.83. The largest absolute Gasteiger partial charge is 0.315 e. The quantitative estimate of drug-likeness (QED) is 0.695. The lowest BCUT2D eigenvalue weighted by atomic mass is 10.1. The summed E-state index contributed by atoms with van der Waals surface area (Å²) in [6, 6.07) is 11.3. The molecule has 0 aliphatic heterocycles. The molecule has 1 rings (SSSR count). The Morgan fingerprint density at radius 1 is 1.06 bits per heavy atom. The molecule has 0 saturated heterocycles. The highest BCUT2D eigenvalue weighted by Gasteiger charge is 2.16. The highest BCUT2D eigenvalue weighted by atomic mass is 15.2. The molecule has 0 saturated carbocycles. The van der Waals surface area contributed by atoms with Crippen LogP contribution in [0.3, 0.4) is 0 Å². The maximum Gasteiger partial charge on any atom is 0.0472 e. The van der Waals surface area contributed by atoms with E-state index >= 15 is 0 Å². The van der Waals surface area contributed by atoms with Gasteiger partial charge >= 0.3 is 0 Å². The molecule has 1 aromatic carbocycles. The highest BCUT2D eigenvalue weighted by Crippen LogP contribution is 2.19. The zero-order chi connectivity index (χ0) is 12.5. The summed E-state index contributed by atoms with van der Waals surface area (Å²) in [6.45, 7) is 11.0. The van der Waals surface area contributed by atoms with Gasteiger partial charge in [-0.15, -0.1) is 0 Å². The van der Waals surface area contributed by atoms with Crippen LogP contribution in [0.25, 0.3) is 0 Å². The molecule has 2 nitrogen and oxygen atoms in total. The molecule has 0 aliphatic rings. The summed E-state index contributed by atoms with van der Waals surface area (Å²) < 4.78 is 0. The van der Waals surface area contributed by atoms with Crippen molar-refractivity contribution in [3.63, 3.8) is 0 Å². The second kappa shape index (κ2) is 8.26. The molecule has 1 unspecified atom stereocenters. The maximum atomic E-state index is 3.54. The SMILES string of the molecule is CCCNCC(c1ccccc1)N(CC)CC. The van der Waals surface area contributed by atoms with Gasteiger partial charge in [0, 0.05) is 12.6 Å². The highest BCUT2D eigenvalue weighted by molar-refractivity contribution is 5.19. The minimum atomic E-state index is 0.498. The van der Waals surface area contributed by atoms with Crippen molar-refractivity contribution in [1.82, 2.24) is 10.2 Å². The Labute approximate surface area is 106 Å². The fourth-order valence-corrected chi connectivity index (χ4v) is 2.21. The van der Waals surface area contributed by atoms with Gasteiger partial charge in [-0.3, -0.25) is 4.90 Å². The molecule has 0 aromatic heterocycles. The molecule has 2 heteroatoms. The lowest BCUT2D eigenvalue weighted by molar-refractivity contribution is 0.213. The van der Waals surface area contributed by atoms with Crippen LogP contribution in [0.15, 0.2) is 30.3 Å². The molecule has 1 atom stereocenters. The Kier molecular flexibility index (Phi) is 6.90. The van der Waals surface area contributed by atoms with Gasteiger partial charge in [0.1, 0.15) is 0 Å². The van der Waals surface area contributed by atoms with Gasteiger partial charge in [-0.1, -0.05) is 51.1 Å². The molecule has 0 radical (unpaired) electrons. The first-order valence-corrected chi connectivity index (χ1v) is 6.83. The summed E-state index contributed by atoms with van der Waals surface area (Å²) >= 11 is 0. The Morgan fingerprint density at radius 3 is 2.24 bits per heavy atom. The minimum absolute atomic E-state index is 0.498. The van der Waals surface area contributed by atoms with Crippen LogP contribution >= 0.6 is 0 Å². The van der Waals surface area contributed by atoms with Gasteiger partial charge in [0.15, 0.2) is 0 Å². The summed E-state index contributed by atoms with van der Waals surface area (Å²) in [5, 5.41) is 3.54. The molecule has 0 amide bonds. The van der Waals surface area contributed by atoms with E-state index in [1.165, 1.54) is 12.0 Å². The van der Waals surface area contributed by atoms with E-state index in [1.807, 2.05) is 0 Å². The van der Waals surface area contributed by atoms with E-state index in [4.69, 9.17) is 0 Å². The summed E-state index contributed by atoms with van der Waals surface area (Å²) in [6.07, 6.45) is 1.19. The third-order valence-electron chi connectivity index (χ3n) is 3.20. The smallest absolute Gasteiger partial charge is 0.0472 e. The van der Waals surface area contributed by atoms with Crippen molar-refractivity contribution in [3.8, 4) is 0 Å². The zero-order valence-corrected chi connectivity index (χ0v) is 11.4. The van der Waals surface area contributed by atoms with Crippen molar-refractivity contribution in [2.45, 2.75) is 33.2 Å². The van der Waals surface area contributed by atoms with Gasteiger partial charge in [-0.25, -0.2) is 0 Å². The molecule has 1 N–H and O–H groups in total. The van der Waals surface area contributed by atoms with Crippen molar-refractivity contribution in [2.24, 2.45) is 0 Å². The Bertz CT molecular complexity index is 280. The van der Waals surface area contributed by atoms with Gasteiger partial charge in [-0.2, -0.15) is 0 Å². The molecule has 0 spiro atoms. The predicted octanol–water partition coefficient (Wildman–Crippen LogP) is 3.07. The van der Waals surface area contributed by atoms with Crippen LogP contribution in [0.1, 0.15) is 38.8 Å². The fourth-order valence-electron chi connectivity index (χ4n) is 2.21. The van der Waals surface area contributed by atoms with Crippen molar-refractivity contribution in [2.75, 3.05) is 26.2 Å². The van der Waals surface area contributed by atoms with Crippen LogP contribution in [-0.2, 0) is 0 Å². The van der Waals surface area contributed by atoms with E-state index in [1.54, 1.807) is 0 Å². The first kappa shape index (κ1) is 14.2. The van der Waals surface area contributed by atoms with Crippen molar-refractivity contribution >= 4 is 0 Å². The molecule has 0 fully saturated rings. The molecule has 17 heavy (non-hydrogen) atoms. The number of hydrogen-bond donors (Lipinski definition) is 1. The van der Waals surface area contributed by atoms with Gasteiger partial charge in [0.25, 0.3) is 0 Å². The lowest BCUT2D eigenvalue weighted by Gasteiger charge is -2.30. The van der Waals surface area contributed by atoms with Crippen molar-refractivity contribution in [3.05, 3.63) is 35.9 Å². The molecule has 96 valence electrons. The van der Waals surface area contributed by atoms with E-state index < -0.39 is 0 Å². The molecular weight excluding hydrogens is 208 g/mol. The van der Waals surface area contributed by atoms with E-state index in [2.05, 4.69) is 61.3 Å². The first-order chi connectivity index (χ1) is 8.33. The zero-order valence-electron chi connectivity index (χ0n) is 11.4. The summed E-state index contributed by atoms with van der Waals surface area (Å²) in [7, 11) is 0. The summed E-state index contributed by atoms with van der Waals surface area (Å²) in [4.78, 5) is 2.51. The number of nitrogens with zero attached hydrogens (tertiary/aromatic N) is 1. The monoisotopic (exact) mass is 234 g/mol. The van der Waals surface area contributed by atoms with Gasteiger partial charge < -0.3 is 5.32 Å². The van der Waals surface area contributed by atoms with Crippen LogP contribution in [0.4, 0.5) is 0 Å². The van der Waals surface area contributed by atoms with Gasteiger partial charge in [-0.05, 0) is 31.6 Å². The number of hydrogen-bond acceptors (Lipinski definition) is 2. The minimum Gasteiger partial charge on any atom is -0.315 e. The second-order valence-corrected chi connectivity index (χ2v) is 4.35. The van der Waals surface area contributed by atoms with Crippen LogP contribution in [0, 0.1) is 0 Å². The predicted molar refractivity (Wildman–Crippen MR) is 75.3 cm³/mol. The van der Waals surface area contributed by atoms with Crippen LogP contribution in [0.2, 0.25) is 0 Å². The lowest BCUT2D eigenvalue weighted by Crippen LogP contribution is -2.36. The number of rotatable bonds is 8. The maximum absolute atomic E-state index is 3.54. The number of benzene rings is 1. The number of nitrogens with one attached hydrogen (secondary N) is 1. The van der Waals surface area contributed by atoms with Gasteiger partial charge in [0.2, 0.25) is 0 Å². The Hall–Kier alpha value is -0.860. The van der Waals surface area contributed by atoms with Crippen LogP contribution in [0.5, 0.6) is 0 Å². The Balaban J connectivity index is 2.71. The van der Waals surface area contributed by atoms with E-state index in [0.717, 1.165) is 26.2 Å².